The molecule has 0 radical (unpaired) electrons. The molecular weight excluding hydrogens is 292 g/mol. The van der Waals surface area contributed by atoms with Crippen molar-refractivity contribution in [2.24, 2.45) is 7.05 Å². The van der Waals surface area contributed by atoms with Crippen molar-refractivity contribution >= 4 is 5.91 Å². The molecule has 1 N–H and O–H groups in total. The fraction of sp³-hybridized carbons (Fsp3) is 0.471. The summed E-state index contributed by atoms with van der Waals surface area (Å²) in [5, 5.41) is 7.34. The summed E-state index contributed by atoms with van der Waals surface area (Å²) in [6, 6.07) is 3.08. The first-order valence-electron chi connectivity index (χ1n) is 8.08. The number of fused-ring (bicyclic) bond motifs is 2. The standard InChI is InChI=1S/C17H20N4O2/c1-20-10-13(3-4-14(20)22)16(23)21-8-2-6-17(11-21)7-5-12-9-18-19-15(12)17/h3-4,9-10H,2,5-8,11H2,1H3,(H,18,19). The van der Waals surface area contributed by atoms with Gasteiger partial charge >= 0.3 is 0 Å². The molecule has 1 saturated heterocycles. The first-order valence-corrected chi connectivity index (χ1v) is 8.08. The van der Waals surface area contributed by atoms with Gasteiger partial charge in [0, 0.05) is 43.5 Å². The second kappa shape index (κ2) is 5.08. The van der Waals surface area contributed by atoms with E-state index in [4.69, 9.17) is 0 Å². The Morgan fingerprint density at radius 2 is 2.22 bits per heavy atom. The van der Waals surface area contributed by atoms with Crippen LogP contribution < -0.4 is 5.56 Å². The average Bonchev–Trinajstić information content (AvgIpc) is 3.15. The minimum absolute atomic E-state index is 0.00707. The van der Waals surface area contributed by atoms with Crippen molar-refractivity contribution < 1.29 is 4.79 Å². The number of hydrogen-bond donors (Lipinski definition) is 1. The summed E-state index contributed by atoms with van der Waals surface area (Å²) in [7, 11) is 1.67. The smallest absolute Gasteiger partial charge is 0.255 e. The third kappa shape index (κ3) is 2.20. The summed E-state index contributed by atoms with van der Waals surface area (Å²) >= 11 is 0. The van der Waals surface area contributed by atoms with Gasteiger partial charge in [-0.2, -0.15) is 5.10 Å². The molecule has 2 aliphatic rings. The normalized spacial score (nSPS) is 23.3. The number of aryl methyl sites for hydroxylation is 2. The molecule has 1 aliphatic heterocycles. The van der Waals surface area contributed by atoms with Crippen LogP contribution in [0.3, 0.4) is 0 Å². The summed E-state index contributed by atoms with van der Waals surface area (Å²) < 4.78 is 1.45. The van der Waals surface area contributed by atoms with Crippen molar-refractivity contribution in [1.82, 2.24) is 19.7 Å². The van der Waals surface area contributed by atoms with Gasteiger partial charge in [0.05, 0.1) is 11.8 Å². The number of nitrogens with zero attached hydrogens (tertiary/aromatic N) is 3. The van der Waals surface area contributed by atoms with Gasteiger partial charge in [-0.05, 0) is 37.3 Å². The second-order valence-corrected chi connectivity index (χ2v) is 6.75. The van der Waals surface area contributed by atoms with Crippen molar-refractivity contribution in [3.05, 3.63) is 51.7 Å². The lowest BCUT2D eigenvalue weighted by atomic mass is 9.77. The number of nitrogens with one attached hydrogen (secondary N) is 1. The molecule has 3 heterocycles. The van der Waals surface area contributed by atoms with E-state index in [0.717, 1.165) is 38.8 Å². The highest BCUT2D eigenvalue weighted by atomic mass is 16.2. The quantitative estimate of drug-likeness (QED) is 0.861. The predicted molar refractivity (Wildman–Crippen MR) is 85.4 cm³/mol. The molecule has 0 aromatic carbocycles. The van der Waals surface area contributed by atoms with Gasteiger partial charge in [-0.15, -0.1) is 0 Å². The molecule has 0 bridgehead atoms. The van der Waals surface area contributed by atoms with Gasteiger partial charge in [0.15, 0.2) is 0 Å². The zero-order valence-corrected chi connectivity index (χ0v) is 13.2. The zero-order valence-electron chi connectivity index (χ0n) is 13.2. The number of hydrogen-bond acceptors (Lipinski definition) is 3. The molecule has 120 valence electrons. The molecule has 1 atom stereocenters. The zero-order chi connectivity index (χ0) is 16.0. The van der Waals surface area contributed by atoms with Crippen LogP contribution in [0.1, 0.15) is 40.9 Å². The minimum Gasteiger partial charge on any atom is -0.338 e. The van der Waals surface area contributed by atoms with E-state index in [1.165, 1.54) is 21.9 Å². The molecule has 6 nitrogen and oxygen atoms in total. The summed E-state index contributed by atoms with van der Waals surface area (Å²) in [5.74, 6) is 0.00707. The first-order chi connectivity index (χ1) is 11.1. The molecule has 1 aliphatic carbocycles. The Kier molecular flexibility index (Phi) is 3.14. The highest BCUT2D eigenvalue weighted by molar-refractivity contribution is 5.94. The maximum atomic E-state index is 12.8. The number of H-pyrrole nitrogens is 1. The van der Waals surface area contributed by atoms with Gasteiger partial charge in [0.2, 0.25) is 5.56 Å². The molecule has 23 heavy (non-hydrogen) atoms. The van der Waals surface area contributed by atoms with Crippen molar-refractivity contribution in [2.75, 3.05) is 13.1 Å². The fourth-order valence-corrected chi connectivity index (χ4v) is 4.07. The monoisotopic (exact) mass is 312 g/mol. The lowest BCUT2D eigenvalue weighted by molar-refractivity contribution is 0.0632. The molecule has 2 aromatic heterocycles. The van der Waals surface area contributed by atoms with Gasteiger partial charge in [-0.1, -0.05) is 0 Å². The molecule has 4 rings (SSSR count). The minimum atomic E-state index is -0.102. The van der Waals surface area contributed by atoms with Crippen molar-refractivity contribution in [2.45, 2.75) is 31.1 Å². The van der Waals surface area contributed by atoms with Gasteiger partial charge in [-0.25, -0.2) is 0 Å². The molecule has 6 heteroatoms. The van der Waals surface area contributed by atoms with Crippen LogP contribution in [-0.2, 0) is 18.9 Å². The summed E-state index contributed by atoms with van der Waals surface area (Å²) in [4.78, 5) is 26.3. The Morgan fingerprint density at radius 3 is 3.04 bits per heavy atom. The number of piperidine rings is 1. The number of carbonyl (C=O) groups excluding carboxylic acids is 1. The highest BCUT2D eigenvalue weighted by Gasteiger charge is 2.44. The largest absolute Gasteiger partial charge is 0.338 e. The molecule has 1 amide bonds. The van der Waals surface area contributed by atoms with Crippen molar-refractivity contribution in [1.29, 1.82) is 0 Å². The third-order valence-corrected chi connectivity index (χ3v) is 5.32. The van der Waals surface area contributed by atoms with E-state index in [-0.39, 0.29) is 16.9 Å². The third-order valence-electron chi connectivity index (χ3n) is 5.32. The Hall–Kier alpha value is -2.37. The van der Waals surface area contributed by atoms with Gasteiger partial charge in [0.25, 0.3) is 5.91 Å². The number of pyridine rings is 1. The Bertz CT molecular complexity index is 822. The van der Waals surface area contributed by atoms with Gasteiger partial charge < -0.3 is 9.47 Å². The van der Waals surface area contributed by atoms with Crippen LogP contribution >= 0.6 is 0 Å². The highest BCUT2D eigenvalue weighted by Crippen LogP contribution is 2.43. The number of amides is 1. The summed E-state index contributed by atoms with van der Waals surface area (Å²) in [6.45, 7) is 1.50. The summed E-state index contributed by atoms with van der Waals surface area (Å²) in [6.07, 6.45) is 7.75. The second-order valence-electron chi connectivity index (χ2n) is 6.75. The molecule has 2 aromatic rings. The van der Waals surface area contributed by atoms with Crippen LogP contribution in [0.25, 0.3) is 0 Å². The number of rotatable bonds is 1. The van der Waals surface area contributed by atoms with Crippen LogP contribution in [0.4, 0.5) is 0 Å². The molecule has 1 unspecified atom stereocenters. The fourth-order valence-electron chi connectivity index (χ4n) is 4.07. The van der Waals surface area contributed by atoms with Crippen molar-refractivity contribution in [3.63, 3.8) is 0 Å². The lowest BCUT2D eigenvalue weighted by Crippen LogP contribution is -2.48. The Balaban J connectivity index is 1.62. The maximum Gasteiger partial charge on any atom is 0.255 e. The number of carbonyl (C=O) groups is 1. The average molecular weight is 312 g/mol. The van der Waals surface area contributed by atoms with Gasteiger partial charge in [0.1, 0.15) is 0 Å². The van der Waals surface area contributed by atoms with E-state index in [1.54, 1.807) is 19.3 Å². The lowest BCUT2D eigenvalue weighted by Gasteiger charge is -2.40. The van der Waals surface area contributed by atoms with Crippen molar-refractivity contribution in [3.8, 4) is 0 Å². The maximum absolute atomic E-state index is 12.8. The van der Waals surface area contributed by atoms with E-state index < -0.39 is 0 Å². The number of likely N-dealkylation sites (tertiary alicyclic amines) is 1. The number of aromatic amines is 1. The summed E-state index contributed by atoms with van der Waals surface area (Å²) in [5.41, 5.74) is 3.01. The van der Waals surface area contributed by atoms with E-state index in [2.05, 4.69) is 10.2 Å². The SMILES string of the molecule is Cn1cc(C(=O)N2CCCC3(CCc4cn[nH]c43)C2)ccc1=O. The Labute approximate surface area is 134 Å². The molecule has 0 saturated carbocycles. The van der Waals surface area contributed by atoms with E-state index in [9.17, 15) is 9.59 Å². The van der Waals surface area contributed by atoms with Gasteiger partial charge in [-0.3, -0.25) is 14.7 Å². The van der Waals surface area contributed by atoms with E-state index >= 15 is 0 Å². The molecule has 1 spiro atoms. The van der Waals surface area contributed by atoms with E-state index in [0.29, 0.717) is 5.56 Å². The topological polar surface area (TPSA) is 71.0 Å². The number of aromatic nitrogens is 3. The van der Waals surface area contributed by atoms with Crippen LogP contribution in [0, 0.1) is 0 Å². The first kappa shape index (κ1) is 14.2. The predicted octanol–water partition coefficient (Wildman–Crippen LogP) is 1.23. The Morgan fingerprint density at radius 1 is 1.35 bits per heavy atom. The van der Waals surface area contributed by atoms with Crippen LogP contribution in [0.15, 0.2) is 29.3 Å². The molecule has 1 fully saturated rings. The molecular formula is C17H20N4O2. The van der Waals surface area contributed by atoms with Crippen LogP contribution in [0.2, 0.25) is 0 Å². The van der Waals surface area contributed by atoms with Crippen LogP contribution in [-0.4, -0.2) is 38.7 Å². The van der Waals surface area contributed by atoms with Crippen LogP contribution in [0.5, 0.6) is 0 Å². The van der Waals surface area contributed by atoms with E-state index in [1.807, 2.05) is 11.1 Å².